The number of nitrogens with one attached hydrogen (secondary N) is 1. The molecule has 5 nitrogen and oxygen atoms in total. The summed E-state index contributed by atoms with van der Waals surface area (Å²) in [6.45, 7) is 6.23. The normalized spacial score (nSPS) is 16.9. The van der Waals surface area contributed by atoms with E-state index in [0.717, 1.165) is 5.16 Å². The van der Waals surface area contributed by atoms with Gasteiger partial charge in [0.25, 0.3) is 0 Å². The SMILES string of the molecule is CC(C)C(C)NC(=O)CSc1nncn1C1CC1. The molecule has 1 atom stereocenters. The summed E-state index contributed by atoms with van der Waals surface area (Å²) < 4.78 is 2.07. The van der Waals surface area contributed by atoms with Gasteiger partial charge >= 0.3 is 0 Å². The van der Waals surface area contributed by atoms with Crippen molar-refractivity contribution in [2.45, 2.75) is 50.9 Å². The fourth-order valence-electron chi connectivity index (χ4n) is 1.53. The Bertz CT molecular complexity index is 414. The first kappa shape index (κ1) is 13.4. The van der Waals surface area contributed by atoms with Crippen LogP contribution in [-0.4, -0.2) is 32.5 Å². The van der Waals surface area contributed by atoms with Crippen LogP contribution < -0.4 is 5.32 Å². The van der Waals surface area contributed by atoms with Crippen LogP contribution in [0.25, 0.3) is 0 Å². The molecule has 100 valence electrons. The Morgan fingerprint density at radius 1 is 1.56 bits per heavy atom. The van der Waals surface area contributed by atoms with E-state index in [2.05, 4.69) is 33.9 Å². The summed E-state index contributed by atoms with van der Waals surface area (Å²) in [7, 11) is 0. The summed E-state index contributed by atoms with van der Waals surface area (Å²) in [6, 6.07) is 0.763. The van der Waals surface area contributed by atoms with E-state index in [1.807, 2.05) is 6.92 Å². The molecule has 1 amide bonds. The van der Waals surface area contributed by atoms with E-state index >= 15 is 0 Å². The monoisotopic (exact) mass is 268 g/mol. The summed E-state index contributed by atoms with van der Waals surface area (Å²) in [6.07, 6.45) is 4.15. The second kappa shape index (κ2) is 5.73. The molecule has 18 heavy (non-hydrogen) atoms. The van der Waals surface area contributed by atoms with Crippen molar-refractivity contribution in [2.24, 2.45) is 5.92 Å². The van der Waals surface area contributed by atoms with Crippen molar-refractivity contribution in [3.05, 3.63) is 6.33 Å². The van der Waals surface area contributed by atoms with Crippen molar-refractivity contribution in [1.29, 1.82) is 0 Å². The van der Waals surface area contributed by atoms with Crippen LogP contribution in [0.3, 0.4) is 0 Å². The summed E-state index contributed by atoms with van der Waals surface area (Å²) in [5.74, 6) is 0.920. The molecule has 0 spiro atoms. The van der Waals surface area contributed by atoms with Crippen molar-refractivity contribution in [3.63, 3.8) is 0 Å². The molecular weight excluding hydrogens is 248 g/mol. The Morgan fingerprint density at radius 2 is 2.28 bits per heavy atom. The lowest BCUT2D eigenvalue weighted by Gasteiger charge is -2.17. The minimum absolute atomic E-state index is 0.0616. The van der Waals surface area contributed by atoms with Crippen molar-refractivity contribution in [3.8, 4) is 0 Å². The molecule has 1 fully saturated rings. The molecule has 0 aromatic carbocycles. The molecule has 0 bridgehead atoms. The van der Waals surface area contributed by atoms with E-state index in [4.69, 9.17) is 0 Å². The van der Waals surface area contributed by atoms with Crippen molar-refractivity contribution in [2.75, 3.05) is 5.75 Å². The number of carbonyl (C=O) groups is 1. The third-order valence-corrected chi connectivity index (χ3v) is 4.16. The zero-order valence-electron chi connectivity index (χ0n) is 11.1. The molecule has 0 saturated heterocycles. The Morgan fingerprint density at radius 3 is 2.89 bits per heavy atom. The fraction of sp³-hybridized carbons (Fsp3) is 0.750. The number of hydrogen-bond donors (Lipinski definition) is 1. The molecule has 1 aromatic heterocycles. The molecule has 1 heterocycles. The predicted molar refractivity (Wildman–Crippen MR) is 71.5 cm³/mol. The number of nitrogens with zero attached hydrogens (tertiary/aromatic N) is 3. The van der Waals surface area contributed by atoms with Gasteiger partial charge in [0.2, 0.25) is 5.91 Å². The molecule has 1 unspecified atom stereocenters. The van der Waals surface area contributed by atoms with Gasteiger partial charge in [-0.2, -0.15) is 0 Å². The largest absolute Gasteiger partial charge is 0.353 e. The number of aromatic nitrogens is 3. The van der Waals surface area contributed by atoms with E-state index in [0.29, 0.717) is 17.7 Å². The van der Waals surface area contributed by atoms with Crippen LogP contribution in [0, 0.1) is 5.92 Å². The minimum Gasteiger partial charge on any atom is -0.353 e. The average Bonchev–Trinajstić information content (AvgIpc) is 3.05. The molecule has 0 radical (unpaired) electrons. The van der Waals surface area contributed by atoms with Gasteiger partial charge in [-0.25, -0.2) is 0 Å². The van der Waals surface area contributed by atoms with Crippen LogP contribution in [0.5, 0.6) is 0 Å². The number of rotatable bonds is 6. The van der Waals surface area contributed by atoms with E-state index < -0.39 is 0 Å². The molecule has 1 N–H and O–H groups in total. The molecule has 1 aliphatic rings. The zero-order chi connectivity index (χ0) is 13.1. The Kier molecular flexibility index (Phi) is 4.27. The Balaban J connectivity index is 1.80. The third kappa shape index (κ3) is 3.48. The van der Waals surface area contributed by atoms with E-state index in [9.17, 15) is 4.79 Å². The Hall–Kier alpha value is -1.04. The van der Waals surface area contributed by atoms with Gasteiger partial charge in [-0.1, -0.05) is 25.6 Å². The highest BCUT2D eigenvalue weighted by molar-refractivity contribution is 7.99. The van der Waals surface area contributed by atoms with Gasteiger partial charge in [0.15, 0.2) is 5.16 Å². The van der Waals surface area contributed by atoms with Gasteiger partial charge in [-0.3, -0.25) is 4.79 Å². The minimum atomic E-state index is 0.0616. The Labute approximate surface area is 112 Å². The van der Waals surface area contributed by atoms with Gasteiger partial charge in [0.05, 0.1) is 5.75 Å². The molecule has 1 aliphatic carbocycles. The van der Waals surface area contributed by atoms with E-state index in [1.165, 1.54) is 24.6 Å². The standard InChI is InChI=1S/C12H20N4OS/c1-8(2)9(3)14-11(17)6-18-12-15-13-7-16(12)10-4-5-10/h7-10H,4-6H2,1-3H3,(H,14,17). The van der Waals surface area contributed by atoms with Gasteiger partial charge in [0.1, 0.15) is 6.33 Å². The summed E-state index contributed by atoms with van der Waals surface area (Å²) in [5.41, 5.74) is 0. The molecule has 2 rings (SSSR count). The van der Waals surface area contributed by atoms with Crippen LogP contribution in [0.15, 0.2) is 11.5 Å². The van der Waals surface area contributed by atoms with Crippen LogP contribution in [-0.2, 0) is 4.79 Å². The van der Waals surface area contributed by atoms with Crippen LogP contribution in [0.1, 0.15) is 39.7 Å². The second-order valence-electron chi connectivity index (χ2n) is 5.14. The van der Waals surface area contributed by atoms with Crippen LogP contribution >= 0.6 is 11.8 Å². The smallest absolute Gasteiger partial charge is 0.230 e. The van der Waals surface area contributed by atoms with E-state index in [1.54, 1.807) is 6.33 Å². The average molecular weight is 268 g/mol. The lowest BCUT2D eigenvalue weighted by Crippen LogP contribution is -2.37. The van der Waals surface area contributed by atoms with Crippen molar-refractivity contribution >= 4 is 17.7 Å². The molecule has 1 saturated carbocycles. The highest BCUT2D eigenvalue weighted by atomic mass is 32.2. The van der Waals surface area contributed by atoms with Gasteiger partial charge < -0.3 is 9.88 Å². The van der Waals surface area contributed by atoms with Crippen LogP contribution in [0.4, 0.5) is 0 Å². The predicted octanol–water partition coefficient (Wildman–Crippen LogP) is 1.87. The molecule has 1 aromatic rings. The maximum absolute atomic E-state index is 11.8. The first-order valence-electron chi connectivity index (χ1n) is 6.39. The van der Waals surface area contributed by atoms with Gasteiger partial charge in [-0.05, 0) is 25.7 Å². The highest BCUT2D eigenvalue weighted by Gasteiger charge is 2.26. The van der Waals surface area contributed by atoms with Crippen LogP contribution in [0.2, 0.25) is 0 Å². The topological polar surface area (TPSA) is 59.8 Å². The fourth-order valence-corrected chi connectivity index (χ4v) is 2.32. The second-order valence-corrected chi connectivity index (χ2v) is 6.08. The van der Waals surface area contributed by atoms with Crippen molar-refractivity contribution in [1.82, 2.24) is 20.1 Å². The van der Waals surface area contributed by atoms with Gasteiger partial charge in [-0.15, -0.1) is 10.2 Å². The van der Waals surface area contributed by atoms with Gasteiger partial charge in [0, 0.05) is 12.1 Å². The zero-order valence-corrected chi connectivity index (χ0v) is 11.9. The number of amides is 1. The lowest BCUT2D eigenvalue weighted by atomic mass is 10.1. The molecule has 6 heteroatoms. The number of carbonyl (C=O) groups excluding carboxylic acids is 1. The van der Waals surface area contributed by atoms with Crippen molar-refractivity contribution < 1.29 is 4.79 Å². The first-order chi connectivity index (χ1) is 8.58. The highest BCUT2D eigenvalue weighted by Crippen LogP contribution is 2.37. The molecular formula is C12H20N4OS. The third-order valence-electron chi connectivity index (χ3n) is 3.20. The maximum atomic E-state index is 11.8. The summed E-state index contributed by atoms with van der Waals surface area (Å²) >= 11 is 1.46. The first-order valence-corrected chi connectivity index (χ1v) is 7.38. The maximum Gasteiger partial charge on any atom is 0.230 e. The number of hydrogen-bond acceptors (Lipinski definition) is 4. The van der Waals surface area contributed by atoms with E-state index in [-0.39, 0.29) is 11.9 Å². The summed E-state index contributed by atoms with van der Waals surface area (Å²) in [4.78, 5) is 11.8. The molecule has 0 aliphatic heterocycles. The quantitative estimate of drug-likeness (QED) is 0.800. The lowest BCUT2D eigenvalue weighted by molar-refractivity contribution is -0.119. The summed E-state index contributed by atoms with van der Waals surface area (Å²) in [5, 5.41) is 11.8. The number of thioether (sulfide) groups is 1.